The molecule has 2 aromatic carbocycles. The molecule has 2 N–H and O–H groups in total. The van der Waals surface area contributed by atoms with Gasteiger partial charge in [-0.3, -0.25) is 4.79 Å². The molecule has 250 valence electrons. The fraction of sp³-hybridized carbons (Fsp3) is 0.438. The van der Waals surface area contributed by atoms with E-state index in [4.69, 9.17) is 4.74 Å². The first kappa shape index (κ1) is 32.5. The number of sulfonamides is 1. The number of anilines is 1. The largest absolute Gasteiger partial charge is 0.475 e. The third-order valence-corrected chi connectivity index (χ3v) is 10.5. The minimum atomic E-state index is -4.51. The maximum absolute atomic E-state index is 14.4. The highest BCUT2D eigenvalue weighted by atomic mass is 32.2. The molecule has 15 heteroatoms. The molecule has 3 aliphatic rings. The first-order chi connectivity index (χ1) is 22.2. The number of alkyl halides is 3. The number of amides is 2. The summed E-state index contributed by atoms with van der Waals surface area (Å²) in [5.74, 6) is -1.02. The zero-order valence-corrected chi connectivity index (χ0v) is 26.7. The lowest BCUT2D eigenvalue weighted by molar-refractivity contribution is -0.193. The topological polar surface area (TPSA) is 140 Å². The number of rotatable bonds is 5. The molecule has 2 aliphatic carbocycles. The van der Waals surface area contributed by atoms with Crippen molar-refractivity contribution in [2.24, 2.45) is 5.41 Å². The van der Waals surface area contributed by atoms with Gasteiger partial charge in [-0.25, -0.2) is 22.9 Å². The van der Waals surface area contributed by atoms with E-state index in [2.05, 4.69) is 24.7 Å². The zero-order chi connectivity index (χ0) is 33.7. The van der Waals surface area contributed by atoms with Gasteiger partial charge >= 0.3 is 12.3 Å². The number of methoxy groups -OCH3 is 1. The van der Waals surface area contributed by atoms with Crippen LogP contribution in [0.5, 0.6) is 5.88 Å². The number of fused-ring (bicyclic) bond motifs is 4. The molecule has 2 heterocycles. The molecule has 2 amide bonds. The van der Waals surface area contributed by atoms with Crippen molar-refractivity contribution in [3.05, 3.63) is 65.2 Å². The predicted octanol–water partition coefficient (Wildman–Crippen LogP) is 5.38. The number of aryl methyl sites for hydroxylation is 2. The number of hydrogen-bond acceptors (Lipinski definition) is 8. The van der Waals surface area contributed by atoms with Crippen LogP contribution in [-0.4, -0.2) is 73.3 Å². The smallest absolute Gasteiger partial charge is 0.407 e. The number of benzene rings is 2. The van der Waals surface area contributed by atoms with Crippen LogP contribution in [0.15, 0.2) is 53.4 Å². The van der Waals surface area contributed by atoms with Crippen LogP contribution in [0.4, 0.5) is 23.9 Å². The Bertz CT molecular complexity index is 1810. The van der Waals surface area contributed by atoms with Crippen LogP contribution in [0, 0.1) is 19.3 Å². The highest BCUT2D eigenvalue weighted by molar-refractivity contribution is 7.92. The molecule has 0 saturated heterocycles. The van der Waals surface area contributed by atoms with Crippen molar-refractivity contribution in [2.75, 3.05) is 18.4 Å². The van der Waals surface area contributed by atoms with Crippen molar-refractivity contribution in [1.29, 1.82) is 0 Å². The molecule has 0 radical (unpaired) electrons. The Kier molecular flexibility index (Phi) is 8.31. The highest BCUT2D eigenvalue weighted by Gasteiger charge is 2.64. The molecule has 3 aromatic rings. The second-order valence-corrected chi connectivity index (χ2v) is 14.1. The van der Waals surface area contributed by atoms with E-state index in [9.17, 15) is 31.2 Å². The van der Waals surface area contributed by atoms with Gasteiger partial charge in [-0.15, -0.1) is 0 Å². The van der Waals surface area contributed by atoms with Crippen LogP contribution >= 0.6 is 0 Å². The fourth-order valence-electron chi connectivity index (χ4n) is 6.43. The number of nitrogens with one attached hydrogen (secondary N) is 2. The Morgan fingerprint density at radius 2 is 1.79 bits per heavy atom. The normalized spacial score (nSPS) is 23.1. The summed E-state index contributed by atoms with van der Waals surface area (Å²) < 4.78 is 83.3. The summed E-state index contributed by atoms with van der Waals surface area (Å²) in [5.41, 5.74) is 0.749. The lowest BCUT2D eigenvalue weighted by atomic mass is 9.83. The van der Waals surface area contributed by atoms with Crippen LogP contribution in [0.25, 0.3) is 11.3 Å². The Hall–Kier alpha value is -4.40. The first-order valence-electron chi connectivity index (χ1n) is 15.1. The van der Waals surface area contributed by atoms with Crippen LogP contribution in [-0.2, 0) is 14.8 Å². The second-order valence-electron chi connectivity index (χ2n) is 12.4. The summed E-state index contributed by atoms with van der Waals surface area (Å²) in [6.07, 6.45) is -5.26. The SMILES string of the molecule is COC(=O)NC1CC(N2C(=O)c3cccc(c3)S(=O)(=O)Nc3nc(cc(-c4c(C)cccc4C)n3)OC[C@H]2CC2(C(F)(F)F)CC2)C1. The number of halogens is 3. The summed E-state index contributed by atoms with van der Waals surface area (Å²) in [7, 11) is -3.10. The monoisotopic (exact) mass is 673 g/mol. The molecule has 2 saturated carbocycles. The fourth-order valence-corrected chi connectivity index (χ4v) is 7.42. The van der Waals surface area contributed by atoms with E-state index >= 15 is 0 Å². The van der Waals surface area contributed by atoms with E-state index in [0.717, 1.165) is 11.1 Å². The molecule has 0 spiro atoms. The average Bonchev–Trinajstić information content (AvgIpc) is 3.79. The maximum Gasteiger partial charge on any atom is 0.407 e. The molecule has 0 unspecified atom stereocenters. The lowest BCUT2D eigenvalue weighted by Gasteiger charge is -2.47. The molecule has 2 fully saturated rings. The average molecular weight is 674 g/mol. The van der Waals surface area contributed by atoms with Gasteiger partial charge in [-0.1, -0.05) is 24.3 Å². The van der Waals surface area contributed by atoms with Crippen molar-refractivity contribution >= 4 is 28.0 Å². The summed E-state index contributed by atoms with van der Waals surface area (Å²) in [4.78, 5) is 35.9. The van der Waals surface area contributed by atoms with E-state index in [1.54, 1.807) is 0 Å². The van der Waals surface area contributed by atoms with Gasteiger partial charge < -0.3 is 19.7 Å². The standard InChI is InChI=1S/C32H34F3N5O6S/c1-18-6-4-7-19(2)27(18)25-15-26-38-29(37-25)39-47(43,44)24-9-5-8-20(12-24)28(41)40(22-13-21(14-22)36-30(42)45-3)23(17-46-26)16-31(10-11-31)32(33,34)35/h4-9,12,15,21-23H,10-11,13-14,16-17H2,1-3H3,(H,36,42)(H,37,38,39)/t21?,22?,23-/m1/s1. The van der Waals surface area contributed by atoms with E-state index in [0.29, 0.717) is 11.3 Å². The molecule has 1 aliphatic heterocycles. The van der Waals surface area contributed by atoms with E-state index in [-0.39, 0.29) is 60.6 Å². The maximum atomic E-state index is 14.4. The summed E-state index contributed by atoms with van der Waals surface area (Å²) in [6, 6.07) is 10.4. The van der Waals surface area contributed by atoms with Crippen LogP contribution < -0.4 is 14.8 Å². The van der Waals surface area contributed by atoms with Crippen molar-refractivity contribution < 1.29 is 40.7 Å². The highest BCUT2D eigenvalue weighted by Crippen LogP contribution is 2.61. The van der Waals surface area contributed by atoms with Gasteiger partial charge in [0, 0.05) is 29.3 Å². The number of ether oxygens (including phenoxy) is 2. The van der Waals surface area contributed by atoms with Gasteiger partial charge in [0.2, 0.25) is 11.8 Å². The quantitative estimate of drug-likeness (QED) is 0.368. The Morgan fingerprint density at radius 1 is 1.11 bits per heavy atom. The lowest BCUT2D eigenvalue weighted by Crippen LogP contribution is -2.60. The third kappa shape index (κ3) is 6.45. The molecule has 4 bridgehead atoms. The summed E-state index contributed by atoms with van der Waals surface area (Å²) in [6.45, 7) is 3.38. The zero-order valence-electron chi connectivity index (χ0n) is 25.9. The summed E-state index contributed by atoms with van der Waals surface area (Å²) >= 11 is 0. The van der Waals surface area contributed by atoms with Gasteiger partial charge in [0.25, 0.3) is 15.9 Å². The van der Waals surface area contributed by atoms with Crippen molar-refractivity contribution in [3.63, 3.8) is 0 Å². The van der Waals surface area contributed by atoms with Crippen molar-refractivity contribution in [3.8, 4) is 17.1 Å². The molecule has 11 nitrogen and oxygen atoms in total. The molecular formula is C32H34F3N5O6S. The Morgan fingerprint density at radius 3 is 2.43 bits per heavy atom. The number of hydrogen-bond donors (Lipinski definition) is 2. The number of alkyl carbamates (subject to hydrolysis) is 1. The second kappa shape index (κ2) is 12.0. The molecule has 1 aromatic heterocycles. The van der Waals surface area contributed by atoms with Gasteiger partial charge in [0.15, 0.2) is 0 Å². The minimum Gasteiger partial charge on any atom is -0.475 e. The predicted molar refractivity (Wildman–Crippen MR) is 164 cm³/mol. The van der Waals surface area contributed by atoms with Crippen LogP contribution in [0.2, 0.25) is 0 Å². The van der Waals surface area contributed by atoms with Crippen molar-refractivity contribution in [1.82, 2.24) is 20.2 Å². The van der Waals surface area contributed by atoms with Crippen LogP contribution in [0.1, 0.15) is 53.6 Å². The van der Waals surface area contributed by atoms with Gasteiger partial charge in [0.05, 0.1) is 29.2 Å². The molecule has 1 atom stereocenters. The first-order valence-corrected chi connectivity index (χ1v) is 16.6. The van der Waals surface area contributed by atoms with Gasteiger partial charge in [0.1, 0.15) is 6.61 Å². The van der Waals surface area contributed by atoms with Gasteiger partial charge in [-0.2, -0.15) is 18.2 Å². The molecule has 6 rings (SSSR count). The van der Waals surface area contributed by atoms with E-state index in [1.807, 2.05) is 32.0 Å². The minimum absolute atomic E-state index is 0.0257. The van der Waals surface area contributed by atoms with Crippen molar-refractivity contribution in [2.45, 2.75) is 75.1 Å². The van der Waals surface area contributed by atoms with E-state index < -0.39 is 52.1 Å². The Labute approximate surface area is 269 Å². The molecular weight excluding hydrogens is 639 g/mol. The summed E-state index contributed by atoms with van der Waals surface area (Å²) in [5, 5.41) is 2.66. The Balaban J connectivity index is 1.47. The van der Waals surface area contributed by atoms with Gasteiger partial charge in [-0.05, 0) is 75.3 Å². The van der Waals surface area contributed by atoms with Crippen LogP contribution in [0.3, 0.4) is 0 Å². The third-order valence-electron chi connectivity index (χ3n) is 9.20. The number of nitrogens with zero attached hydrogens (tertiary/aromatic N) is 3. The van der Waals surface area contributed by atoms with E-state index in [1.165, 1.54) is 42.3 Å². The number of carbonyl (C=O) groups is 2. The molecule has 47 heavy (non-hydrogen) atoms. The number of aromatic nitrogens is 2. The number of carbonyl (C=O) groups excluding carboxylic acids is 2.